The second kappa shape index (κ2) is 8.09. The molecule has 3 heteroatoms. The van der Waals surface area contributed by atoms with Gasteiger partial charge in [0, 0.05) is 32.4 Å². The number of nitrogens with two attached hydrogens (primary N) is 1. The van der Waals surface area contributed by atoms with Crippen molar-refractivity contribution in [3.63, 3.8) is 0 Å². The molecular weight excluding hydrogens is 294 g/mol. The van der Waals surface area contributed by atoms with Gasteiger partial charge in [-0.3, -0.25) is 0 Å². The first kappa shape index (κ1) is 16.7. The van der Waals surface area contributed by atoms with Crippen molar-refractivity contribution in [2.24, 2.45) is 0 Å². The van der Waals surface area contributed by atoms with Crippen molar-refractivity contribution < 1.29 is 0 Å². The predicted molar refractivity (Wildman–Crippen MR) is 105 cm³/mol. The molecule has 0 aromatic heterocycles. The maximum atomic E-state index is 6.32. The summed E-state index contributed by atoms with van der Waals surface area (Å²) in [6.07, 6.45) is 6.12. The van der Waals surface area contributed by atoms with Crippen LogP contribution in [-0.4, -0.2) is 26.7 Å². The van der Waals surface area contributed by atoms with Crippen LogP contribution in [0.5, 0.6) is 0 Å². The van der Waals surface area contributed by atoms with Crippen LogP contribution in [0.3, 0.4) is 0 Å². The molecule has 24 heavy (non-hydrogen) atoms. The highest BCUT2D eigenvalue weighted by molar-refractivity contribution is 5.68. The Balaban J connectivity index is 1.53. The number of nitrogen functional groups attached to an aromatic ring is 1. The van der Waals surface area contributed by atoms with Gasteiger partial charge in [0.1, 0.15) is 0 Å². The smallest absolute Gasteiger partial charge is 0.0600 e. The Hall–Kier alpha value is -2.16. The van der Waals surface area contributed by atoms with E-state index in [4.69, 9.17) is 5.73 Å². The summed E-state index contributed by atoms with van der Waals surface area (Å²) in [6.45, 7) is 3.34. The van der Waals surface area contributed by atoms with E-state index in [9.17, 15) is 0 Å². The van der Waals surface area contributed by atoms with Gasteiger partial charge in [0.2, 0.25) is 0 Å². The zero-order valence-corrected chi connectivity index (χ0v) is 14.7. The zero-order valence-electron chi connectivity index (χ0n) is 14.7. The van der Waals surface area contributed by atoms with Gasteiger partial charge < -0.3 is 15.5 Å². The molecule has 128 valence electrons. The van der Waals surface area contributed by atoms with Gasteiger partial charge in [-0.05, 0) is 61.9 Å². The molecule has 0 atom stereocenters. The van der Waals surface area contributed by atoms with Crippen LogP contribution < -0.4 is 15.5 Å². The fourth-order valence-electron chi connectivity index (χ4n) is 3.51. The maximum absolute atomic E-state index is 6.32. The van der Waals surface area contributed by atoms with Crippen LogP contribution >= 0.6 is 0 Å². The molecule has 3 rings (SSSR count). The van der Waals surface area contributed by atoms with Gasteiger partial charge in [-0.2, -0.15) is 0 Å². The van der Waals surface area contributed by atoms with E-state index < -0.39 is 0 Å². The molecule has 3 nitrogen and oxygen atoms in total. The standard InChI is InChI=1S/C21H29N3/c1-23(19-10-4-2-5-11-19)14-8-9-18-12-13-21(20(22)17-18)24-15-6-3-7-16-24/h2,4-5,10-13,17H,3,6-9,14-16,22H2,1H3. The molecule has 0 aliphatic carbocycles. The highest BCUT2D eigenvalue weighted by Gasteiger charge is 2.13. The molecule has 0 unspecified atom stereocenters. The number of rotatable bonds is 6. The van der Waals surface area contributed by atoms with E-state index in [1.54, 1.807) is 0 Å². The molecule has 2 N–H and O–H groups in total. The van der Waals surface area contributed by atoms with Crippen molar-refractivity contribution in [1.29, 1.82) is 0 Å². The van der Waals surface area contributed by atoms with Crippen molar-refractivity contribution >= 4 is 17.1 Å². The number of benzene rings is 2. The van der Waals surface area contributed by atoms with E-state index in [1.807, 2.05) is 0 Å². The highest BCUT2D eigenvalue weighted by Crippen LogP contribution is 2.27. The van der Waals surface area contributed by atoms with Gasteiger partial charge >= 0.3 is 0 Å². The van der Waals surface area contributed by atoms with E-state index in [0.29, 0.717) is 0 Å². The van der Waals surface area contributed by atoms with Gasteiger partial charge in [0.25, 0.3) is 0 Å². The third-order valence-electron chi connectivity index (χ3n) is 4.94. The molecule has 1 fully saturated rings. The minimum Gasteiger partial charge on any atom is -0.397 e. The summed E-state index contributed by atoms with van der Waals surface area (Å²) in [7, 11) is 2.16. The van der Waals surface area contributed by atoms with E-state index in [1.165, 1.54) is 36.2 Å². The highest BCUT2D eigenvalue weighted by atomic mass is 15.1. The lowest BCUT2D eigenvalue weighted by Gasteiger charge is -2.30. The largest absolute Gasteiger partial charge is 0.397 e. The Morgan fingerprint density at radius 2 is 1.75 bits per heavy atom. The summed E-state index contributed by atoms with van der Waals surface area (Å²) in [4.78, 5) is 4.75. The van der Waals surface area contributed by atoms with Crippen LogP contribution in [0.4, 0.5) is 17.1 Å². The quantitative estimate of drug-likeness (QED) is 0.803. The summed E-state index contributed by atoms with van der Waals surface area (Å²) >= 11 is 0. The lowest BCUT2D eigenvalue weighted by Crippen LogP contribution is -2.30. The first-order valence-electron chi connectivity index (χ1n) is 9.13. The first-order chi connectivity index (χ1) is 11.7. The fraction of sp³-hybridized carbons (Fsp3) is 0.429. The molecule has 1 aliphatic heterocycles. The van der Waals surface area contributed by atoms with E-state index >= 15 is 0 Å². The number of hydrogen-bond acceptors (Lipinski definition) is 3. The summed E-state index contributed by atoms with van der Waals surface area (Å²) in [5.41, 5.74) is 11.1. The Morgan fingerprint density at radius 1 is 1.00 bits per heavy atom. The molecule has 2 aromatic rings. The predicted octanol–water partition coefficient (Wildman–Crippen LogP) is 4.33. The third kappa shape index (κ3) is 4.22. The van der Waals surface area contributed by atoms with Gasteiger partial charge in [0.05, 0.1) is 11.4 Å². The summed E-state index contributed by atoms with van der Waals surface area (Å²) in [6, 6.07) is 17.2. The molecule has 0 radical (unpaired) electrons. The third-order valence-corrected chi connectivity index (χ3v) is 4.94. The lowest BCUT2D eigenvalue weighted by molar-refractivity contribution is 0.578. The number of anilines is 3. The molecule has 1 heterocycles. The second-order valence-electron chi connectivity index (χ2n) is 6.80. The molecule has 1 saturated heterocycles. The topological polar surface area (TPSA) is 32.5 Å². The monoisotopic (exact) mass is 323 g/mol. The molecular formula is C21H29N3. The molecule has 0 spiro atoms. The van der Waals surface area contributed by atoms with Crippen molar-refractivity contribution in [3.05, 3.63) is 54.1 Å². The summed E-state index contributed by atoms with van der Waals surface area (Å²) < 4.78 is 0. The Kier molecular flexibility index (Phi) is 5.63. The summed E-state index contributed by atoms with van der Waals surface area (Å²) in [5.74, 6) is 0. The minimum absolute atomic E-state index is 0.936. The van der Waals surface area contributed by atoms with E-state index in [-0.39, 0.29) is 0 Å². The first-order valence-corrected chi connectivity index (χ1v) is 9.13. The van der Waals surface area contributed by atoms with Gasteiger partial charge in [-0.1, -0.05) is 24.3 Å². The van der Waals surface area contributed by atoms with Crippen molar-refractivity contribution in [3.8, 4) is 0 Å². The van der Waals surface area contributed by atoms with Crippen LogP contribution in [-0.2, 0) is 6.42 Å². The fourth-order valence-corrected chi connectivity index (χ4v) is 3.51. The van der Waals surface area contributed by atoms with Gasteiger partial charge in [0.15, 0.2) is 0 Å². The molecule has 2 aromatic carbocycles. The van der Waals surface area contributed by atoms with Crippen LogP contribution in [0.15, 0.2) is 48.5 Å². The number of hydrogen-bond donors (Lipinski definition) is 1. The average Bonchev–Trinajstić information content (AvgIpc) is 2.63. The molecule has 0 amide bonds. The van der Waals surface area contributed by atoms with E-state index in [0.717, 1.165) is 38.2 Å². The van der Waals surface area contributed by atoms with Gasteiger partial charge in [-0.15, -0.1) is 0 Å². The maximum Gasteiger partial charge on any atom is 0.0600 e. The average molecular weight is 323 g/mol. The van der Waals surface area contributed by atoms with E-state index in [2.05, 4.69) is 65.4 Å². The summed E-state index contributed by atoms with van der Waals surface area (Å²) in [5, 5.41) is 0. The second-order valence-corrected chi connectivity index (χ2v) is 6.80. The number of piperidine rings is 1. The molecule has 0 saturated carbocycles. The van der Waals surface area contributed by atoms with Crippen LogP contribution in [0.1, 0.15) is 31.2 Å². The normalized spacial score (nSPS) is 14.6. The number of para-hydroxylation sites is 1. The van der Waals surface area contributed by atoms with Gasteiger partial charge in [-0.25, -0.2) is 0 Å². The Bertz CT molecular complexity index is 633. The SMILES string of the molecule is CN(CCCc1ccc(N2CCCCC2)c(N)c1)c1ccccc1. The van der Waals surface area contributed by atoms with Crippen LogP contribution in [0.25, 0.3) is 0 Å². The molecule has 1 aliphatic rings. The van der Waals surface area contributed by atoms with Crippen molar-refractivity contribution in [2.45, 2.75) is 32.1 Å². The number of nitrogens with zero attached hydrogens (tertiary/aromatic N) is 2. The minimum atomic E-state index is 0.936. The Labute approximate surface area is 146 Å². The van der Waals surface area contributed by atoms with Crippen LogP contribution in [0, 0.1) is 0 Å². The van der Waals surface area contributed by atoms with Crippen molar-refractivity contribution in [1.82, 2.24) is 0 Å². The zero-order chi connectivity index (χ0) is 16.8. The van der Waals surface area contributed by atoms with Crippen LogP contribution in [0.2, 0.25) is 0 Å². The number of aryl methyl sites for hydroxylation is 1. The van der Waals surface area contributed by atoms with Crippen molar-refractivity contribution in [2.75, 3.05) is 42.2 Å². The molecule has 0 bridgehead atoms. The Morgan fingerprint density at radius 3 is 2.46 bits per heavy atom. The lowest BCUT2D eigenvalue weighted by atomic mass is 10.1.